The van der Waals surface area contributed by atoms with Gasteiger partial charge in [0.25, 0.3) is 0 Å². The molecule has 2 amide bonds. The number of ether oxygens (including phenoxy) is 2. The lowest BCUT2D eigenvalue weighted by Crippen LogP contribution is -2.46. The molecular weight excluding hydrogens is 590 g/mol. The highest BCUT2D eigenvalue weighted by molar-refractivity contribution is 5.74. The van der Waals surface area contributed by atoms with Crippen molar-refractivity contribution in [3.63, 3.8) is 0 Å². The number of nitrogens with zero attached hydrogens (tertiary/aromatic N) is 1. The molecule has 1 heterocycles. The molecule has 8 nitrogen and oxygen atoms in total. The van der Waals surface area contributed by atoms with Gasteiger partial charge < -0.3 is 30.3 Å². The van der Waals surface area contributed by atoms with E-state index in [9.17, 15) is 15.0 Å². The summed E-state index contributed by atoms with van der Waals surface area (Å²) in [6.07, 6.45) is -1.67. The van der Waals surface area contributed by atoms with Crippen molar-refractivity contribution in [3.8, 4) is 11.1 Å². The predicted octanol–water partition coefficient (Wildman–Crippen LogP) is 6.51. The van der Waals surface area contributed by atoms with Crippen LogP contribution in [0.3, 0.4) is 0 Å². The summed E-state index contributed by atoms with van der Waals surface area (Å²) >= 11 is 0. The first-order chi connectivity index (χ1) is 22.8. The number of aliphatic hydroxyl groups excluding tert-OH is 2. The molecule has 1 aliphatic rings. The van der Waals surface area contributed by atoms with Crippen molar-refractivity contribution in [1.82, 2.24) is 15.5 Å². The number of likely N-dealkylation sites (N-methyl/N-ethyl adjacent to an activating group) is 1. The second-order valence-electron chi connectivity index (χ2n) is 12.3. The lowest BCUT2D eigenvalue weighted by molar-refractivity contribution is -0.276. The summed E-state index contributed by atoms with van der Waals surface area (Å²) in [4.78, 5) is 14.2. The lowest BCUT2D eigenvalue weighted by atomic mass is 9.89. The van der Waals surface area contributed by atoms with E-state index in [2.05, 4.69) is 40.7 Å². The smallest absolute Gasteiger partial charge is 0.315 e. The van der Waals surface area contributed by atoms with E-state index in [1.807, 2.05) is 106 Å². The third-order valence-electron chi connectivity index (χ3n) is 9.17. The summed E-state index contributed by atoms with van der Waals surface area (Å²) in [5, 5.41) is 26.4. The van der Waals surface area contributed by atoms with Crippen LogP contribution in [0.5, 0.6) is 0 Å². The van der Waals surface area contributed by atoms with E-state index < -0.39 is 12.4 Å². The van der Waals surface area contributed by atoms with E-state index in [0.717, 1.165) is 38.9 Å². The van der Waals surface area contributed by atoms with Gasteiger partial charge in [0.15, 0.2) is 6.29 Å². The molecule has 4 N–H and O–H groups in total. The van der Waals surface area contributed by atoms with Crippen LogP contribution in [-0.4, -0.2) is 53.4 Å². The van der Waals surface area contributed by atoms with Crippen LogP contribution >= 0.6 is 0 Å². The molecule has 0 saturated carbocycles. The minimum atomic E-state index is -0.638. The summed E-state index contributed by atoms with van der Waals surface area (Å²) in [6.45, 7) is 7.64. The molecule has 0 radical (unpaired) electrons. The van der Waals surface area contributed by atoms with Gasteiger partial charge in [-0.1, -0.05) is 110 Å². The number of benzene rings is 4. The Morgan fingerprint density at radius 2 is 1.53 bits per heavy atom. The van der Waals surface area contributed by atoms with E-state index in [1.165, 1.54) is 0 Å². The quantitative estimate of drug-likeness (QED) is 0.141. The molecule has 0 bridgehead atoms. The van der Waals surface area contributed by atoms with E-state index in [4.69, 9.17) is 9.47 Å². The molecule has 0 aromatic heterocycles. The SMILES string of the molecule is CCNC(=O)NCc1ccccc1-c1ccc([C@@H]2O[C@H](CN(C)[C@H](C)[C@@H](O)c3ccccc3)[C@H](C)[C@H](c3ccc(CO)cc3)O2)cc1. The highest BCUT2D eigenvalue weighted by Gasteiger charge is 2.39. The third-order valence-corrected chi connectivity index (χ3v) is 9.17. The second-order valence-corrected chi connectivity index (χ2v) is 12.3. The molecule has 248 valence electrons. The van der Waals surface area contributed by atoms with Crippen LogP contribution in [0.25, 0.3) is 11.1 Å². The maximum absolute atomic E-state index is 12.0. The number of urea groups is 1. The van der Waals surface area contributed by atoms with Crippen LogP contribution in [0.15, 0.2) is 103 Å². The van der Waals surface area contributed by atoms with Gasteiger partial charge in [-0.15, -0.1) is 0 Å². The van der Waals surface area contributed by atoms with Crippen molar-refractivity contribution < 1.29 is 24.5 Å². The zero-order valence-electron chi connectivity index (χ0n) is 27.7. The van der Waals surface area contributed by atoms with Gasteiger partial charge >= 0.3 is 6.03 Å². The Hall–Kier alpha value is -4.05. The Bertz CT molecular complexity index is 1560. The maximum atomic E-state index is 12.0. The molecule has 1 saturated heterocycles. The van der Waals surface area contributed by atoms with Crippen molar-refractivity contribution in [1.29, 1.82) is 0 Å². The Labute approximate surface area is 278 Å². The first-order valence-electron chi connectivity index (χ1n) is 16.4. The second kappa shape index (κ2) is 16.2. The largest absolute Gasteiger partial charge is 0.392 e. The molecule has 6 atom stereocenters. The summed E-state index contributed by atoms with van der Waals surface area (Å²) in [6, 6.07) is 33.6. The Balaban J connectivity index is 1.37. The van der Waals surface area contributed by atoms with Crippen LogP contribution in [0.4, 0.5) is 4.79 Å². The molecule has 1 aliphatic heterocycles. The molecule has 8 heteroatoms. The van der Waals surface area contributed by atoms with Crippen molar-refractivity contribution in [3.05, 3.63) is 131 Å². The fourth-order valence-electron chi connectivity index (χ4n) is 6.12. The Morgan fingerprint density at radius 1 is 0.872 bits per heavy atom. The maximum Gasteiger partial charge on any atom is 0.315 e. The standard InChI is InChI=1S/C39H47N3O5/c1-5-40-39(45)41-23-33-13-9-10-14-34(33)29-19-21-32(22-20-29)38-46-35(24-42(4)27(3)36(44)30-11-7-6-8-12-30)26(2)37(47-38)31-17-15-28(25-43)16-18-31/h6-22,26-27,35-38,43-44H,5,23-25H2,1-4H3,(H2,40,41,45)/t26-,27+,35+,36+,37+,38+/m0/s1. The molecule has 47 heavy (non-hydrogen) atoms. The van der Waals surface area contributed by atoms with Gasteiger partial charge in [-0.25, -0.2) is 4.79 Å². The minimum Gasteiger partial charge on any atom is -0.392 e. The van der Waals surface area contributed by atoms with Gasteiger partial charge in [0.1, 0.15) is 0 Å². The van der Waals surface area contributed by atoms with Gasteiger partial charge in [-0.05, 0) is 54.3 Å². The van der Waals surface area contributed by atoms with E-state index in [0.29, 0.717) is 19.6 Å². The summed E-state index contributed by atoms with van der Waals surface area (Å²) < 4.78 is 13.4. The Kier molecular flexibility index (Phi) is 11.8. The van der Waals surface area contributed by atoms with E-state index in [1.54, 1.807) is 0 Å². The zero-order valence-corrected chi connectivity index (χ0v) is 27.7. The fraction of sp³-hybridized carbons (Fsp3) is 0.359. The number of carbonyl (C=O) groups excluding carboxylic acids is 1. The van der Waals surface area contributed by atoms with Crippen LogP contribution in [0, 0.1) is 5.92 Å². The van der Waals surface area contributed by atoms with Crippen molar-refractivity contribution in [2.75, 3.05) is 20.1 Å². The normalized spacial score (nSPS) is 20.8. The van der Waals surface area contributed by atoms with Crippen LogP contribution in [-0.2, 0) is 22.6 Å². The zero-order chi connectivity index (χ0) is 33.3. The number of carbonyl (C=O) groups is 1. The average molecular weight is 638 g/mol. The first kappa shape index (κ1) is 34.3. The van der Waals surface area contributed by atoms with Gasteiger partial charge in [0, 0.05) is 37.2 Å². The van der Waals surface area contributed by atoms with Gasteiger partial charge in [-0.3, -0.25) is 4.90 Å². The number of hydrogen-bond acceptors (Lipinski definition) is 6. The third kappa shape index (κ3) is 8.46. The van der Waals surface area contributed by atoms with Crippen molar-refractivity contribution in [2.45, 2.75) is 64.6 Å². The van der Waals surface area contributed by atoms with Crippen LogP contribution in [0.2, 0.25) is 0 Å². The molecule has 1 fully saturated rings. The van der Waals surface area contributed by atoms with Gasteiger partial charge in [0.05, 0.1) is 24.9 Å². The van der Waals surface area contributed by atoms with Crippen molar-refractivity contribution in [2.24, 2.45) is 5.92 Å². The number of aliphatic hydroxyl groups is 2. The topological polar surface area (TPSA) is 103 Å². The van der Waals surface area contributed by atoms with Crippen molar-refractivity contribution >= 4 is 6.03 Å². The highest BCUT2D eigenvalue weighted by atomic mass is 16.7. The van der Waals surface area contributed by atoms with Gasteiger partial charge in [0.2, 0.25) is 0 Å². The molecular formula is C39H47N3O5. The molecule has 5 rings (SSSR count). The molecule has 0 aliphatic carbocycles. The average Bonchev–Trinajstić information content (AvgIpc) is 3.11. The predicted molar refractivity (Wildman–Crippen MR) is 184 cm³/mol. The first-order valence-corrected chi connectivity index (χ1v) is 16.4. The fourth-order valence-corrected chi connectivity index (χ4v) is 6.12. The number of nitrogens with one attached hydrogen (secondary N) is 2. The van der Waals surface area contributed by atoms with E-state index >= 15 is 0 Å². The highest BCUT2D eigenvalue weighted by Crippen LogP contribution is 2.42. The minimum absolute atomic E-state index is 0.0123. The summed E-state index contributed by atoms with van der Waals surface area (Å²) in [5.41, 5.74) is 6.76. The molecule has 0 unspecified atom stereocenters. The van der Waals surface area contributed by atoms with E-state index in [-0.39, 0.29) is 36.8 Å². The number of rotatable bonds is 12. The van der Waals surface area contributed by atoms with Crippen LogP contribution < -0.4 is 10.6 Å². The monoisotopic (exact) mass is 637 g/mol. The van der Waals surface area contributed by atoms with Crippen LogP contribution in [0.1, 0.15) is 67.1 Å². The lowest BCUT2D eigenvalue weighted by Gasteiger charge is -2.43. The number of hydrogen-bond donors (Lipinski definition) is 4. The summed E-state index contributed by atoms with van der Waals surface area (Å²) in [5.74, 6) is 0.0123. The number of amides is 2. The molecule has 4 aromatic rings. The molecule has 4 aromatic carbocycles. The Morgan fingerprint density at radius 3 is 2.21 bits per heavy atom. The van der Waals surface area contributed by atoms with Gasteiger partial charge in [-0.2, -0.15) is 0 Å². The summed E-state index contributed by atoms with van der Waals surface area (Å²) in [7, 11) is 2.02. The molecule has 0 spiro atoms.